The van der Waals surface area contributed by atoms with Gasteiger partial charge in [0.1, 0.15) is 17.0 Å². The molecule has 112 valence electrons. The summed E-state index contributed by atoms with van der Waals surface area (Å²) in [5.74, 6) is 0.754. The van der Waals surface area contributed by atoms with E-state index in [2.05, 4.69) is 20.3 Å². The summed E-state index contributed by atoms with van der Waals surface area (Å²) in [6.07, 6.45) is 0. The van der Waals surface area contributed by atoms with Crippen molar-refractivity contribution in [2.24, 2.45) is 0 Å². The average Bonchev–Trinajstić information content (AvgIpc) is 3.04. The lowest BCUT2D eigenvalue weighted by molar-refractivity contribution is 0.102. The largest absolute Gasteiger partial charge is 0.497 e. The summed E-state index contributed by atoms with van der Waals surface area (Å²) in [4.78, 5) is 12.4. The number of hydrogen-bond acceptors (Lipinski definition) is 6. The third-order valence-corrected chi connectivity index (χ3v) is 3.15. The Labute approximate surface area is 125 Å². The number of aromatic nitrogens is 2. The molecule has 7 nitrogen and oxygen atoms in total. The van der Waals surface area contributed by atoms with Gasteiger partial charge in [-0.15, -0.1) is 0 Å². The minimum absolute atomic E-state index is 0.312. The van der Waals surface area contributed by atoms with Crippen LogP contribution in [0.2, 0.25) is 0 Å². The molecule has 0 saturated carbocycles. The molecule has 1 amide bonds. The van der Waals surface area contributed by atoms with Gasteiger partial charge in [0.25, 0.3) is 5.91 Å². The first kappa shape index (κ1) is 13.9. The first-order valence-corrected chi connectivity index (χ1v) is 6.47. The van der Waals surface area contributed by atoms with Crippen LogP contribution in [-0.2, 0) is 0 Å². The number of carbonyl (C=O) groups is 1. The molecule has 22 heavy (non-hydrogen) atoms. The maximum Gasteiger partial charge on any atom is 0.255 e. The Morgan fingerprint density at radius 3 is 2.50 bits per heavy atom. The van der Waals surface area contributed by atoms with Crippen LogP contribution in [-0.4, -0.2) is 30.4 Å². The fourth-order valence-corrected chi connectivity index (χ4v) is 2.04. The van der Waals surface area contributed by atoms with Crippen molar-refractivity contribution in [2.45, 2.75) is 0 Å². The van der Waals surface area contributed by atoms with Crippen molar-refractivity contribution in [1.82, 2.24) is 10.3 Å². The lowest BCUT2D eigenvalue weighted by Crippen LogP contribution is -2.12. The number of hydrogen-bond donors (Lipinski definition) is 1. The highest BCUT2D eigenvalue weighted by Gasteiger charge is 2.13. The van der Waals surface area contributed by atoms with Crippen LogP contribution in [0.4, 0.5) is 5.69 Å². The Hall–Kier alpha value is -3.09. The first-order valence-electron chi connectivity index (χ1n) is 6.47. The van der Waals surface area contributed by atoms with Gasteiger partial charge >= 0.3 is 0 Å². The fraction of sp³-hybridized carbons (Fsp3) is 0.133. The van der Waals surface area contributed by atoms with Crippen LogP contribution in [0.5, 0.6) is 11.5 Å². The molecular weight excluding hydrogens is 286 g/mol. The summed E-state index contributed by atoms with van der Waals surface area (Å²) in [7, 11) is 3.05. The second-order valence-electron chi connectivity index (χ2n) is 4.49. The maximum absolute atomic E-state index is 12.4. The Morgan fingerprint density at radius 1 is 1.09 bits per heavy atom. The van der Waals surface area contributed by atoms with Crippen LogP contribution in [0.3, 0.4) is 0 Å². The van der Waals surface area contributed by atoms with Crippen molar-refractivity contribution in [3.05, 3.63) is 42.0 Å². The molecule has 0 aliphatic carbocycles. The second kappa shape index (κ2) is 5.72. The van der Waals surface area contributed by atoms with Gasteiger partial charge in [-0.05, 0) is 34.6 Å². The zero-order valence-electron chi connectivity index (χ0n) is 12.0. The third kappa shape index (κ3) is 2.56. The highest BCUT2D eigenvalue weighted by molar-refractivity contribution is 6.08. The summed E-state index contributed by atoms with van der Waals surface area (Å²) in [6, 6.07) is 10.2. The van der Waals surface area contributed by atoms with Crippen LogP contribution in [0.25, 0.3) is 11.0 Å². The van der Waals surface area contributed by atoms with Gasteiger partial charge in [-0.1, -0.05) is 6.07 Å². The molecule has 0 spiro atoms. The van der Waals surface area contributed by atoms with E-state index in [1.807, 2.05) is 0 Å². The molecule has 0 saturated heterocycles. The van der Waals surface area contributed by atoms with Crippen LogP contribution in [0.15, 0.2) is 41.0 Å². The molecule has 1 aromatic heterocycles. The number of fused-ring (bicyclic) bond motifs is 1. The highest BCUT2D eigenvalue weighted by atomic mass is 16.6. The van der Waals surface area contributed by atoms with Gasteiger partial charge in [-0.25, -0.2) is 4.63 Å². The quantitative estimate of drug-likeness (QED) is 0.796. The van der Waals surface area contributed by atoms with E-state index >= 15 is 0 Å². The molecule has 0 bridgehead atoms. The molecule has 0 aliphatic rings. The van der Waals surface area contributed by atoms with Crippen molar-refractivity contribution in [1.29, 1.82) is 0 Å². The zero-order chi connectivity index (χ0) is 15.5. The average molecular weight is 299 g/mol. The number of anilines is 1. The number of carbonyl (C=O) groups excluding carboxylic acids is 1. The molecule has 1 heterocycles. The smallest absolute Gasteiger partial charge is 0.255 e. The number of amides is 1. The van der Waals surface area contributed by atoms with E-state index in [-0.39, 0.29) is 5.91 Å². The minimum Gasteiger partial charge on any atom is -0.497 e. The molecule has 0 radical (unpaired) electrons. The zero-order valence-corrected chi connectivity index (χ0v) is 12.0. The van der Waals surface area contributed by atoms with E-state index < -0.39 is 0 Å². The molecule has 0 atom stereocenters. The lowest BCUT2D eigenvalue weighted by atomic mass is 10.1. The van der Waals surface area contributed by atoms with Crippen LogP contribution < -0.4 is 14.8 Å². The van der Waals surface area contributed by atoms with Crippen molar-refractivity contribution < 1.29 is 18.9 Å². The van der Waals surface area contributed by atoms with Gasteiger partial charge in [0, 0.05) is 11.6 Å². The number of nitrogens with one attached hydrogen (secondary N) is 1. The molecule has 3 aromatic rings. The predicted molar refractivity (Wildman–Crippen MR) is 79.3 cm³/mol. The first-order chi connectivity index (χ1) is 10.7. The summed E-state index contributed by atoms with van der Waals surface area (Å²) >= 11 is 0. The lowest BCUT2D eigenvalue weighted by Gasteiger charge is -2.09. The normalized spacial score (nSPS) is 10.5. The minimum atomic E-state index is -0.312. The molecule has 7 heteroatoms. The van der Waals surface area contributed by atoms with Gasteiger partial charge in [0.15, 0.2) is 5.52 Å². The third-order valence-electron chi connectivity index (χ3n) is 3.15. The molecular formula is C15H13N3O4. The maximum atomic E-state index is 12.4. The Morgan fingerprint density at radius 2 is 1.82 bits per heavy atom. The summed E-state index contributed by atoms with van der Waals surface area (Å²) in [5.41, 5.74) is 1.99. The number of nitrogens with zero attached hydrogens (tertiary/aromatic N) is 2. The Kier molecular flexibility index (Phi) is 3.61. The van der Waals surface area contributed by atoms with Gasteiger partial charge in [-0.3, -0.25) is 4.79 Å². The van der Waals surface area contributed by atoms with E-state index in [1.165, 1.54) is 14.2 Å². The number of benzene rings is 2. The van der Waals surface area contributed by atoms with Crippen LogP contribution >= 0.6 is 0 Å². The second-order valence-corrected chi connectivity index (χ2v) is 4.49. The van der Waals surface area contributed by atoms with E-state index in [1.54, 1.807) is 36.4 Å². The summed E-state index contributed by atoms with van der Waals surface area (Å²) in [5, 5.41) is 10.3. The van der Waals surface area contributed by atoms with Crippen LogP contribution in [0, 0.1) is 0 Å². The SMILES string of the molecule is COc1cc(OC)cc(C(=O)Nc2cccc3nonc23)c1. The number of methoxy groups -OCH3 is 2. The summed E-state index contributed by atoms with van der Waals surface area (Å²) in [6.45, 7) is 0. The number of rotatable bonds is 4. The molecule has 2 aromatic carbocycles. The standard InChI is InChI=1S/C15H13N3O4/c1-20-10-6-9(7-11(8-10)21-2)15(19)16-12-4-3-5-13-14(12)18-22-17-13/h3-8H,1-2H3,(H,16,19). The van der Waals surface area contributed by atoms with Gasteiger partial charge < -0.3 is 14.8 Å². The van der Waals surface area contributed by atoms with Crippen molar-refractivity contribution >= 4 is 22.6 Å². The van der Waals surface area contributed by atoms with E-state index in [4.69, 9.17) is 9.47 Å². The van der Waals surface area contributed by atoms with E-state index in [0.717, 1.165) is 0 Å². The van der Waals surface area contributed by atoms with E-state index in [0.29, 0.717) is 33.8 Å². The van der Waals surface area contributed by atoms with E-state index in [9.17, 15) is 4.79 Å². The molecule has 1 N–H and O–H groups in total. The van der Waals surface area contributed by atoms with Crippen LogP contribution in [0.1, 0.15) is 10.4 Å². The topological polar surface area (TPSA) is 86.5 Å². The fourth-order valence-electron chi connectivity index (χ4n) is 2.04. The molecule has 3 rings (SSSR count). The Bertz CT molecular complexity index is 806. The predicted octanol–water partition coefficient (Wildman–Crippen LogP) is 2.49. The highest BCUT2D eigenvalue weighted by Crippen LogP contribution is 2.24. The molecule has 0 unspecified atom stereocenters. The van der Waals surface area contributed by atoms with Gasteiger partial charge in [-0.2, -0.15) is 0 Å². The van der Waals surface area contributed by atoms with Gasteiger partial charge in [0.2, 0.25) is 0 Å². The Balaban J connectivity index is 1.93. The van der Waals surface area contributed by atoms with Crippen molar-refractivity contribution in [3.63, 3.8) is 0 Å². The monoisotopic (exact) mass is 299 g/mol. The van der Waals surface area contributed by atoms with Crippen molar-refractivity contribution in [2.75, 3.05) is 19.5 Å². The molecule has 0 aliphatic heterocycles. The number of ether oxygens (including phenoxy) is 2. The van der Waals surface area contributed by atoms with Gasteiger partial charge in [0.05, 0.1) is 19.9 Å². The molecule has 0 fully saturated rings. The summed E-state index contributed by atoms with van der Waals surface area (Å²) < 4.78 is 15.0. The van der Waals surface area contributed by atoms with Crippen molar-refractivity contribution in [3.8, 4) is 11.5 Å².